The molecule has 1 aromatic heterocycles. The van der Waals surface area contributed by atoms with Gasteiger partial charge in [0.05, 0.1) is 29.4 Å². The molecule has 7 nitrogen and oxygen atoms in total. The van der Waals surface area contributed by atoms with Crippen LogP contribution in [-0.2, 0) is 24.0 Å². The van der Waals surface area contributed by atoms with Crippen molar-refractivity contribution in [3.8, 4) is 0 Å². The number of carboxylic acid groups (broad SMARTS) is 1. The van der Waals surface area contributed by atoms with Gasteiger partial charge in [-0.2, -0.15) is 0 Å². The second-order valence-corrected chi connectivity index (χ2v) is 9.81. The number of hydrogen-bond donors (Lipinski definition) is 1. The summed E-state index contributed by atoms with van der Waals surface area (Å²) < 4.78 is 7.50. The Labute approximate surface area is 205 Å². The van der Waals surface area contributed by atoms with Gasteiger partial charge in [-0.05, 0) is 62.8 Å². The first-order chi connectivity index (χ1) is 17.0. The second-order valence-electron chi connectivity index (χ2n) is 9.81. The summed E-state index contributed by atoms with van der Waals surface area (Å²) in [5, 5.41) is 9.62. The summed E-state index contributed by atoms with van der Waals surface area (Å²) in [4.78, 5) is 31.2. The Bertz CT molecular complexity index is 1260. The highest BCUT2D eigenvalue weighted by Crippen LogP contribution is 2.39. The number of carbonyl (C=O) groups is 2. The first-order valence-corrected chi connectivity index (χ1v) is 12.7. The predicted molar refractivity (Wildman–Crippen MR) is 135 cm³/mol. The van der Waals surface area contributed by atoms with Crippen LogP contribution in [0.1, 0.15) is 78.8 Å². The van der Waals surface area contributed by atoms with Gasteiger partial charge in [-0.15, -0.1) is 0 Å². The van der Waals surface area contributed by atoms with Crippen molar-refractivity contribution in [2.75, 3.05) is 12.0 Å². The van der Waals surface area contributed by atoms with Crippen LogP contribution in [0, 0.1) is 0 Å². The Kier molecular flexibility index (Phi) is 6.50. The predicted octanol–water partition coefficient (Wildman–Crippen LogP) is 5.93. The normalized spacial score (nSPS) is 18.5. The van der Waals surface area contributed by atoms with E-state index in [1.54, 1.807) is 17.0 Å². The number of ether oxygens (including phenoxy) is 1. The summed E-state index contributed by atoms with van der Waals surface area (Å²) in [6.45, 7) is 2.05. The number of aryl methyl sites for hydroxylation is 3. The second kappa shape index (κ2) is 9.72. The smallest absolute Gasteiger partial charge is 0.414 e. The van der Waals surface area contributed by atoms with Crippen LogP contribution in [0.15, 0.2) is 36.4 Å². The van der Waals surface area contributed by atoms with Crippen molar-refractivity contribution in [2.45, 2.75) is 76.8 Å². The van der Waals surface area contributed by atoms with Crippen LogP contribution in [0.5, 0.6) is 0 Å². The molecule has 1 atom stereocenters. The van der Waals surface area contributed by atoms with E-state index in [9.17, 15) is 14.7 Å². The molecular formula is C28H33N3O4. The molecule has 2 heterocycles. The highest BCUT2D eigenvalue weighted by atomic mass is 16.5. The fourth-order valence-electron chi connectivity index (χ4n) is 5.94. The number of aromatic nitrogens is 2. The van der Waals surface area contributed by atoms with E-state index >= 15 is 0 Å². The number of carboxylic acids is 1. The summed E-state index contributed by atoms with van der Waals surface area (Å²) in [7, 11) is 1.42. The minimum atomic E-state index is -0.896. The monoisotopic (exact) mass is 475 g/mol. The van der Waals surface area contributed by atoms with Crippen LogP contribution in [-0.4, -0.2) is 39.9 Å². The van der Waals surface area contributed by atoms with Gasteiger partial charge in [0.2, 0.25) is 0 Å². The first-order valence-electron chi connectivity index (χ1n) is 12.7. The lowest BCUT2D eigenvalue weighted by Gasteiger charge is -2.34. The summed E-state index contributed by atoms with van der Waals surface area (Å²) in [5.74, 6) is 0.108. The van der Waals surface area contributed by atoms with E-state index in [1.807, 2.05) is 12.1 Å². The Balaban J connectivity index is 1.59. The molecule has 1 amide bonds. The quantitative estimate of drug-likeness (QED) is 0.494. The van der Waals surface area contributed by atoms with Gasteiger partial charge >= 0.3 is 12.1 Å². The van der Waals surface area contributed by atoms with Gasteiger partial charge in [-0.1, -0.05) is 37.5 Å². The van der Waals surface area contributed by atoms with E-state index in [4.69, 9.17) is 9.72 Å². The maximum Gasteiger partial charge on any atom is 0.414 e. The molecule has 0 saturated heterocycles. The summed E-state index contributed by atoms with van der Waals surface area (Å²) in [5.41, 5.74) is 5.27. The van der Waals surface area contributed by atoms with Crippen LogP contribution < -0.4 is 4.90 Å². The molecule has 3 aromatic rings. The van der Waals surface area contributed by atoms with E-state index in [2.05, 4.69) is 23.6 Å². The minimum absolute atomic E-state index is 0.0693. The van der Waals surface area contributed by atoms with Gasteiger partial charge in [0.15, 0.2) is 0 Å². The average Bonchev–Trinajstić information content (AvgIpc) is 3.26. The Morgan fingerprint density at radius 3 is 2.57 bits per heavy atom. The molecule has 35 heavy (non-hydrogen) atoms. The van der Waals surface area contributed by atoms with Crippen molar-refractivity contribution in [1.29, 1.82) is 0 Å². The molecule has 0 spiro atoms. The van der Waals surface area contributed by atoms with Crippen LogP contribution in [0.25, 0.3) is 11.0 Å². The summed E-state index contributed by atoms with van der Waals surface area (Å²) in [6.07, 6.45) is 8.63. The molecule has 184 valence electrons. The molecule has 7 heteroatoms. The third-order valence-corrected chi connectivity index (χ3v) is 7.70. The van der Waals surface area contributed by atoms with Gasteiger partial charge < -0.3 is 14.4 Å². The number of anilines is 1. The molecule has 1 unspecified atom stereocenters. The standard InChI is InChI=1S/C28H33N3O4/c1-18-12-14-22-23(30(18)28(34)35-2)15-16-24-26(22)29-25(31(24)20-9-4-3-5-10-20)17-13-19-8-6-7-11-21(19)27(32)33/h6-8,11,15-16,18,20H,3-5,9-10,12-14,17H2,1-2H3,(H,32,33). The summed E-state index contributed by atoms with van der Waals surface area (Å²) in [6, 6.07) is 11.9. The molecule has 5 rings (SSSR count). The zero-order valence-corrected chi connectivity index (χ0v) is 20.5. The van der Waals surface area contributed by atoms with Crippen LogP contribution in [0.4, 0.5) is 10.5 Å². The first kappa shape index (κ1) is 23.4. The maximum atomic E-state index is 12.6. The van der Waals surface area contributed by atoms with E-state index in [0.717, 1.165) is 59.4 Å². The lowest BCUT2D eigenvalue weighted by molar-refractivity contribution is 0.0695. The molecule has 2 aliphatic rings. The number of rotatable bonds is 5. The van der Waals surface area contributed by atoms with Gasteiger partial charge in [-0.3, -0.25) is 4.90 Å². The highest BCUT2D eigenvalue weighted by molar-refractivity contribution is 5.95. The SMILES string of the molecule is COC(=O)N1c2ccc3c(nc(CCc4ccccc4C(=O)O)n3C3CCCCC3)c2CCC1C. The number of benzene rings is 2. The van der Waals surface area contributed by atoms with E-state index in [1.165, 1.54) is 26.4 Å². The largest absolute Gasteiger partial charge is 0.478 e. The molecule has 1 N–H and O–H groups in total. The van der Waals surface area contributed by atoms with E-state index < -0.39 is 5.97 Å². The van der Waals surface area contributed by atoms with Gasteiger partial charge in [0.25, 0.3) is 0 Å². The van der Waals surface area contributed by atoms with Crippen molar-refractivity contribution in [1.82, 2.24) is 9.55 Å². The van der Waals surface area contributed by atoms with Crippen molar-refractivity contribution in [3.05, 3.63) is 58.9 Å². The number of carbonyl (C=O) groups excluding carboxylic acids is 1. The highest BCUT2D eigenvalue weighted by Gasteiger charge is 2.32. The minimum Gasteiger partial charge on any atom is -0.478 e. The molecule has 1 saturated carbocycles. The molecule has 1 fully saturated rings. The number of aromatic carboxylic acids is 1. The van der Waals surface area contributed by atoms with Crippen molar-refractivity contribution in [2.24, 2.45) is 0 Å². The van der Waals surface area contributed by atoms with Crippen LogP contribution in [0.3, 0.4) is 0 Å². The van der Waals surface area contributed by atoms with E-state index in [0.29, 0.717) is 24.4 Å². The van der Waals surface area contributed by atoms with E-state index in [-0.39, 0.29) is 12.1 Å². The zero-order chi connectivity index (χ0) is 24.5. The molecule has 1 aliphatic heterocycles. The fraction of sp³-hybridized carbons (Fsp3) is 0.464. The number of fused-ring (bicyclic) bond motifs is 3. The molecule has 0 bridgehead atoms. The third kappa shape index (κ3) is 4.28. The number of amides is 1. The van der Waals surface area contributed by atoms with Crippen molar-refractivity contribution >= 4 is 28.8 Å². The number of nitrogens with zero attached hydrogens (tertiary/aromatic N) is 3. The third-order valence-electron chi connectivity index (χ3n) is 7.70. The van der Waals surface area contributed by atoms with Gasteiger partial charge in [0.1, 0.15) is 5.82 Å². The number of methoxy groups -OCH3 is 1. The molecule has 2 aromatic carbocycles. The summed E-state index contributed by atoms with van der Waals surface area (Å²) >= 11 is 0. The van der Waals surface area contributed by atoms with Crippen molar-refractivity contribution in [3.63, 3.8) is 0 Å². The Hall–Kier alpha value is -3.35. The Morgan fingerprint density at radius 1 is 1.06 bits per heavy atom. The number of hydrogen-bond acceptors (Lipinski definition) is 4. The zero-order valence-electron chi connectivity index (χ0n) is 20.5. The molecular weight excluding hydrogens is 442 g/mol. The van der Waals surface area contributed by atoms with Crippen LogP contribution in [0.2, 0.25) is 0 Å². The van der Waals surface area contributed by atoms with Gasteiger partial charge in [-0.25, -0.2) is 14.6 Å². The van der Waals surface area contributed by atoms with Gasteiger partial charge in [0, 0.05) is 24.1 Å². The topological polar surface area (TPSA) is 84.7 Å². The van der Waals surface area contributed by atoms with Crippen molar-refractivity contribution < 1.29 is 19.4 Å². The lowest BCUT2D eigenvalue weighted by atomic mass is 9.94. The molecule has 0 radical (unpaired) electrons. The fourth-order valence-corrected chi connectivity index (χ4v) is 5.94. The van der Waals surface area contributed by atoms with Crippen LogP contribution >= 0.6 is 0 Å². The maximum absolute atomic E-state index is 12.6. The molecule has 1 aliphatic carbocycles. The Morgan fingerprint density at radius 2 is 1.83 bits per heavy atom. The number of imidazole rings is 1. The lowest BCUT2D eigenvalue weighted by Crippen LogP contribution is -2.42. The average molecular weight is 476 g/mol.